The molecule has 2 rings (SSSR count). The Balaban J connectivity index is 2.24. The summed E-state index contributed by atoms with van der Waals surface area (Å²) in [5.41, 5.74) is 0.442. The molecule has 0 saturated carbocycles. The lowest BCUT2D eigenvalue weighted by molar-refractivity contribution is 0.107. The minimum absolute atomic E-state index is 0.338. The first-order chi connectivity index (χ1) is 8.69. The molecule has 2 aromatic rings. The largest absolute Gasteiger partial charge is 0.457 e. The van der Waals surface area contributed by atoms with Gasteiger partial charge < -0.3 is 10.1 Å². The Morgan fingerprint density at radius 3 is 2.44 bits per heavy atom. The molecule has 0 bridgehead atoms. The van der Waals surface area contributed by atoms with E-state index >= 15 is 0 Å². The summed E-state index contributed by atoms with van der Waals surface area (Å²) in [6, 6.07) is 14.2. The number of Topliss-reactive ketones (excluding diaryl/α,β-unsaturated/α-hetero) is 1. The highest BCUT2D eigenvalue weighted by molar-refractivity contribution is 9.10. The van der Waals surface area contributed by atoms with Crippen molar-refractivity contribution in [3.05, 3.63) is 58.6 Å². The van der Waals surface area contributed by atoms with E-state index in [9.17, 15) is 4.79 Å². The molecular weight excluding hydrogens is 294 g/mol. The molecule has 0 aliphatic heterocycles. The Hall–Kier alpha value is -1.94. The third-order valence-corrected chi connectivity index (χ3v) is 2.77. The van der Waals surface area contributed by atoms with Crippen LogP contribution in [0.4, 0.5) is 0 Å². The first-order valence-electron chi connectivity index (χ1n) is 5.27. The number of carbonyl (C=O) groups is 1. The van der Waals surface area contributed by atoms with E-state index in [0.717, 1.165) is 10.7 Å². The van der Waals surface area contributed by atoms with Crippen LogP contribution in [0.1, 0.15) is 10.4 Å². The average molecular weight is 304 g/mol. The monoisotopic (exact) mass is 303 g/mol. The maximum absolute atomic E-state index is 11.4. The molecule has 0 unspecified atom stereocenters. The van der Waals surface area contributed by atoms with Crippen LogP contribution in [0.15, 0.2) is 53.0 Å². The standard InChI is InChI=1S/C14H10BrNO2/c15-11-4-2-6-13(8-11)18-12-5-1-3-10(7-12)14(17)9-16/h1-9,16H. The zero-order valence-electron chi connectivity index (χ0n) is 9.39. The molecule has 0 radical (unpaired) electrons. The molecule has 0 aliphatic carbocycles. The van der Waals surface area contributed by atoms with Crippen molar-refractivity contribution in [1.82, 2.24) is 0 Å². The Bertz CT molecular complexity index is 596. The molecule has 0 atom stereocenters. The van der Waals surface area contributed by atoms with Gasteiger partial charge >= 0.3 is 0 Å². The molecular formula is C14H10BrNO2. The predicted octanol–water partition coefficient (Wildman–Crippen LogP) is 4.07. The zero-order valence-corrected chi connectivity index (χ0v) is 11.0. The Labute approximate surface area is 113 Å². The first-order valence-corrected chi connectivity index (χ1v) is 6.06. The SMILES string of the molecule is N=CC(=O)c1cccc(Oc2cccc(Br)c2)c1. The van der Waals surface area contributed by atoms with Gasteiger partial charge in [0.2, 0.25) is 5.78 Å². The van der Waals surface area contributed by atoms with Crippen LogP contribution in [0.3, 0.4) is 0 Å². The van der Waals surface area contributed by atoms with Gasteiger partial charge in [-0.05, 0) is 30.3 Å². The van der Waals surface area contributed by atoms with Gasteiger partial charge in [0.05, 0.1) is 6.21 Å². The van der Waals surface area contributed by atoms with Crippen LogP contribution < -0.4 is 4.74 Å². The van der Waals surface area contributed by atoms with Gasteiger partial charge in [-0.1, -0.05) is 34.1 Å². The van der Waals surface area contributed by atoms with Gasteiger partial charge in [0.15, 0.2) is 0 Å². The summed E-state index contributed by atoms with van der Waals surface area (Å²) in [7, 11) is 0. The smallest absolute Gasteiger partial charge is 0.203 e. The van der Waals surface area contributed by atoms with Crippen LogP contribution >= 0.6 is 15.9 Å². The zero-order chi connectivity index (χ0) is 13.0. The van der Waals surface area contributed by atoms with Crippen LogP contribution in [0.2, 0.25) is 0 Å². The molecule has 0 fully saturated rings. The fourth-order valence-corrected chi connectivity index (χ4v) is 1.84. The predicted molar refractivity (Wildman–Crippen MR) is 73.8 cm³/mol. The summed E-state index contributed by atoms with van der Waals surface area (Å²) >= 11 is 3.36. The van der Waals surface area contributed by atoms with E-state index in [1.165, 1.54) is 0 Å². The quantitative estimate of drug-likeness (QED) is 0.683. The van der Waals surface area contributed by atoms with Gasteiger partial charge in [0, 0.05) is 10.0 Å². The van der Waals surface area contributed by atoms with Gasteiger partial charge in [-0.25, -0.2) is 0 Å². The number of carbonyl (C=O) groups excluding carboxylic acids is 1. The molecule has 3 nitrogen and oxygen atoms in total. The van der Waals surface area contributed by atoms with E-state index in [0.29, 0.717) is 17.1 Å². The summed E-state index contributed by atoms with van der Waals surface area (Å²) in [6.45, 7) is 0. The summed E-state index contributed by atoms with van der Waals surface area (Å²) in [5.74, 6) is 0.916. The van der Waals surface area contributed by atoms with Crippen molar-refractivity contribution in [3.8, 4) is 11.5 Å². The third-order valence-electron chi connectivity index (χ3n) is 2.28. The third kappa shape index (κ3) is 3.05. The number of nitrogens with one attached hydrogen (secondary N) is 1. The lowest BCUT2D eigenvalue weighted by Crippen LogP contribution is -1.99. The average Bonchev–Trinajstić information content (AvgIpc) is 2.38. The fraction of sp³-hybridized carbons (Fsp3) is 0. The van der Waals surface area contributed by atoms with E-state index in [1.54, 1.807) is 24.3 Å². The van der Waals surface area contributed by atoms with Crippen molar-refractivity contribution in [1.29, 1.82) is 5.41 Å². The summed E-state index contributed by atoms with van der Waals surface area (Å²) in [4.78, 5) is 11.4. The number of ketones is 1. The lowest BCUT2D eigenvalue weighted by atomic mass is 10.1. The van der Waals surface area contributed by atoms with Crippen molar-refractivity contribution in [3.63, 3.8) is 0 Å². The fourth-order valence-electron chi connectivity index (χ4n) is 1.46. The topological polar surface area (TPSA) is 50.2 Å². The molecule has 0 amide bonds. The van der Waals surface area contributed by atoms with Crippen molar-refractivity contribution in [2.24, 2.45) is 0 Å². The number of hydrogen-bond donors (Lipinski definition) is 1. The van der Waals surface area contributed by atoms with E-state index in [-0.39, 0.29) is 5.78 Å². The van der Waals surface area contributed by atoms with Crippen LogP contribution in [-0.2, 0) is 0 Å². The Morgan fingerprint density at radius 2 is 1.78 bits per heavy atom. The van der Waals surface area contributed by atoms with Crippen molar-refractivity contribution >= 4 is 27.9 Å². The van der Waals surface area contributed by atoms with E-state index in [2.05, 4.69) is 15.9 Å². The van der Waals surface area contributed by atoms with Crippen LogP contribution in [0.25, 0.3) is 0 Å². The number of benzene rings is 2. The molecule has 0 spiro atoms. The minimum atomic E-state index is -0.338. The van der Waals surface area contributed by atoms with Crippen molar-refractivity contribution in [2.45, 2.75) is 0 Å². The molecule has 90 valence electrons. The molecule has 0 aliphatic rings. The van der Waals surface area contributed by atoms with Crippen molar-refractivity contribution in [2.75, 3.05) is 0 Å². The second-order valence-electron chi connectivity index (χ2n) is 3.60. The Morgan fingerprint density at radius 1 is 1.11 bits per heavy atom. The van der Waals surface area contributed by atoms with Crippen LogP contribution in [0, 0.1) is 5.41 Å². The van der Waals surface area contributed by atoms with Crippen molar-refractivity contribution < 1.29 is 9.53 Å². The lowest BCUT2D eigenvalue weighted by Gasteiger charge is -2.06. The molecule has 0 saturated heterocycles. The van der Waals surface area contributed by atoms with Gasteiger partial charge in [-0.15, -0.1) is 0 Å². The van der Waals surface area contributed by atoms with Gasteiger partial charge in [0.25, 0.3) is 0 Å². The van der Waals surface area contributed by atoms with Crippen LogP contribution in [-0.4, -0.2) is 12.0 Å². The normalized spacial score (nSPS) is 9.83. The number of hydrogen-bond acceptors (Lipinski definition) is 3. The summed E-state index contributed by atoms with van der Waals surface area (Å²) in [5, 5.41) is 6.94. The number of rotatable bonds is 4. The maximum Gasteiger partial charge on any atom is 0.203 e. The summed E-state index contributed by atoms with van der Waals surface area (Å²) < 4.78 is 6.56. The minimum Gasteiger partial charge on any atom is -0.457 e. The molecule has 4 heteroatoms. The molecule has 0 heterocycles. The highest BCUT2D eigenvalue weighted by Gasteiger charge is 2.04. The molecule has 2 aromatic carbocycles. The van der Waals surface area contributed by atoms with E-state index in [1.807, 2.05) is 24.3 Å². The number of halogens is 1. The molecule has 18 heavy (non-hydrogen) atoms. The second kappa shape index (κ2) is 5.60. The van der Waals surface area contributed by atoms with Gasteiger partial charge in [-0.3, -0.25) is 4.79 Å². The number of ether oxygens (including phenoxy) is 1. The highest BCUT2D eigenvalue weighted by Crippen LogP contribution is 2.24. The second-order valence-corrected chi connectivity index (χ2v) is 4.51. The molecule has 1 N–H and O–H groups in total. The maximum atomic E-state index is 11.4. The first kappa shape index (κ1) is 12.5. The van der Waals surface area contributed by atoms with Gasteiger partial charge in [0.1, 0.15) is 11.5 Å². The van der Waals surface area contributed by atoms with E-state index < -0.39 is 0 Å². The van der Waals surface area contributed by atoms with Crippen LogP contribution in [0.5, 0.6) is 11.5 Å². The van der Waals surface area contributed by atoms with E-state index in [4.69, 9.17) is 10.1 Å². The van der Waals surface area contributed by atoms with Gasteiger partial charge in [-0.2, -0.15) is 0 Å². The summed E-state index contributed by atoms with van der Waals surface area (Å²) in [6.07, 6.45) is 0.790. The molecule has 0 aromatic heterocycles. The highest BCUT2D eigenvalue weighted by atomic mass is 79.9. The Kier molecular flexibility index (Phi) is 3.89.